The predicted molar refractivity (Wildman–Crippen MR) is 97.8 cm³/mol. The monoisotopic (exact) mass is 310 g/mol. The van der Waals surface area contributed by atoms with E-state index in [1.54, 1.807) is 0 Å². The predicted octanol–water partition coefficient (Wildman–Crippen LogP) is 4.86. The molecule has 122 valence electrons. The Balaban J connectivity index is 1.69. The quantitative estimate of drug-likeness (QED) is 0.649. The summed E-state index contributed by atoms with van der Waals surface area (Å²) in [5.74, 6) is 0.0930. The second-order valence-corrected chi connectivity index (χ2v) is 5.75. The van der Waals surface area contributed by atoms with Crippen LogP contribution in [0.2, 0.25) is 0 Å². The van der Waals surface area contributed by atoms with Gasteiger partial charge < -0.3 is 10.6 Å². The summed E-state index contributed by atoms with van der Waals surface area (Å²) in [6.07, 6.45) is 4.75. The maximum Gasteiger partial charge on any atom is 0.224 e. The van der Waals surface area contributed by atoms with Gasteiger partial charge in [-0.3, -0.25) is 4.79 Å². The molecule has 3 heteroatoms. The van der Waals surface area contributed by atoms with Gasteiger partial charge in [0.15, 0.2) is 0 Å². The van der Waals surface area contributed by atoms with E-state index in [-0.39, 0.29) is 5.91 Å². The van der Waals surface area contributed by atoms with E-state index in [1.165, 1.54) is 5.56 Å². The largest absolute Gasteiger partial charge is 0.385 e. The first-order valence-electron chi connectivity index (χ1n) is 8.45. The van der Waals surface area contributed by atoms with Gasteiger partial charge in [0, 0.05) is 24.3 Å². The minimum Gasteiger partial charge on any atom is -0.385 e. The van der Waals surface area contributed by atoms with Gasteiger partial charge in [-0.2, -0.15) is 0 Å². The SMILES string of the molecule is CCCCC(=O)Nc1ccc(NCCCc2ccccc2)cc1. The number of nitrogens with one attached hydrogen (secondary N) is 2. The maximum atomic E-state index is 11.7. The van der Waals surface area contributed by atoms with Crippen molar-refractivity contribution in [3.63, 3.8) is 0 Å². The summed E-state index contributed by atoms with van der Waals surface area (Å²) in [5.41, 5.74) is 3.32. The molecule has 0 spiro atoms. The highest BCUT2D eigenvalue weighted by Crippen LogP contribution is 2.14. The van der Waals surface area contributed by atoms with Crippen LogP contribution in [0, 0.1) is 0 Å². The normalized spacial score (nSPS) is 10.3. The van der Waals surface area contributed by atoms with E-state index in [0.29, 0.717) is 6.42 Å². The van der Waals surface area contributed by atoms with Crippen LogP contribution < -0.4 is 10.6 Å². The Bertz CT molecular complexity index is 578. The molecule has 0 unspecified atom stereocenters. The Morgan fingerprint density at radius 3 is 2.30 bits per heavy atom. The summed E-state index contributed by atoms with van der Waals surface area (Å²) in [5, 5.41) is 6.34. The van der Waals surface area contributed by atoms with Crippen LogP contribution in [0.4, 0.5) is 11.4 Å². The van der Waals surface area contributed by atoms with Gasteiger partial charge in [-0.1, -0.05) is 43.7 Å². The van der Waals surface area contributed by atoms with E-state index < -0.39 is 0 Å². The van der Waals surface area contributed by atoms with E-state index >= 15 is 0 Å². The van der Waals surface area contributed by atoms with E-state index in [2.05, 4.69) is 41.8 Å². The van der Waals surface area contributed by atoms with E-state index in [1.807, 2.05) is 30.3 Å². The number of rotatable bonds is 9. The van der Waals surface area contributed by atoms with E-state index in [4.69, 9.17) is 0 Å². The molecule has 2 rings (SSSR count). The van der Waals surface area contributed by atoms with E-state index in [0.717, 1.165) is 43.6 Å². The average molecular weight is 310 g/mol. The highest BCUT2D eigenvalue weighted by molar-refractivity contribution is 5.90. The zero-order chi connectivity index (χ0) is 16.3. The molecule has 0 saturated heterocycles. The van der Waals surface area contributed by atoms with E-state index in [9.17, 15) is 4.79 Å². The number of carbonyl (C=O) groups excluding carboxylic acids is 1. The first kappa shape index (κ1) is 17.1. The van der Waals surface area contributed by atoms with Crippen molar-refractivity contribution in [2.75, 3.05) is 17.2 Å². The van der Waals surface area contributed by atoms with Gasteiger partial charge in [0.1, 0.15) is 0 Å². The first-order chi connectivity index (χ1) is 11.3. The van der Waals surface area contributed by atoms with Crippen LogP contribution in [0.3, 0.4) is 0 Å². The van der Waals surface area contributed by atoms with Crippen molar-refractivity contribution in [1.29, 1.82) is 0 Å². The van der Waals surface area contributed by atoms with Crippen LogP contribution in [0.1, 0.15) is 38.2 Å². The molecule has 0 bridgehead atoms. The third-order valence-electron chi connectivity index (χ3n) is 3.74. The van der Waals surface area contributed by atoms with Crippen LogP contribution >= 0.6 is 0 Å². The van der Waals surface area contributed by atoms with Gasteiger partial charge in [-0.05, 0) is 49.1 Å². The third kappa shape index (κ3) is 6.55. The van der Waals surface area contributed by atoms with Gasteiger partial charge in [-0.25, -0.2) is 0 Å². The van der Waals surface area contributed by atoms with Crippen molar-refractivity contribution < 1.29 is 4.79 Å². The minimum atomic E-state index is 0.0930. The second kappa shape index (κ2) is 9.67. The number of aryl methyl sites for hydroxylation is 1. The molecule has 0 heterocycles. The van der Waals surface area contributed by atoms with Gasteiger partial charge >= 0.3 is 0 Å². The van der Waals surface area contributed by atoms with Crippen molar-refractivity contribution >= 4 is 17.3 Å². The Morgan fingerprint density at radius 2 is 1.61 bits per heavy atom. The summed E-state index contributed by atoms with van der Waals surface area (Å²) >= 11 is 0. The lowest BCUT2D eigenvalue weighted by atomic mass is 10.1. The first-order valence-corrected chi connectivity index (χ1v) is 8.45. The number of carbonyl (C=O) groups is 1. The van der Waals surface area contributed by atoms with Gasteiger partial charge in [-0.15, -0.1) is 0 Å². The number of anilines is 2. The molecule has 0 saturated carbocycles. The molecule has 0 aliphatic carbocycles. The van der Waals surface area contributed by atoms with Crippen molar-refractivity contribution in [2.24, 2.45) is 0 Å². The summed E-state index contributed by atoms with van der Waals surface area (Å²) in [6.45, 7) is 3.03. The molecule has 0 aliphatic heterocycles. The lowest BCUT2D eigenvalue weighted by molar-refractivity contribution is -0.116. The summed E-state index contributed by atoms with van der Waals surface area (Å²) in [7, 11) is 0. The van der Waals surface area contributed by atoms with Gasteiger partial charge in [0.05, 0.1) is 0 Å². The van der Waals surface area contributed by atoms with Crippen molar-refractivity contribution in [3.05, 3.63) is 60.2 Å². The van der Waals surface area contributed by atoms with Crippen LogP contribution in [0.25, 0.3) is 0 Å². The zero-order valence-corrected chi connectivity index (χ0v) is 13.8. The molecule has 23 heavy (non-hydrogen) atoms. The molecule has 2 aromatic rings. The molecule has 0 fully saturated rings. The lowest BCUT2D eigenvalue weighted by Gasteiger charge is -2.09. The number of benzene rings is 2. The highest BCUT2D eigenvalue weighted by atomic mass is 16.1. The molecule has 3 nitrogen and oxygen atoms in total. The standard InChI is InChI=1S/C20H26N2O/c1-2-3-11-20(23)22-19-14-12-18(13-15-19)21-16-7-10-17-8-5-4-6-9-17/h4-6,8-9,12-15,21H,2-3,7,10-11,16H2,1H3,(H,22,23). The Morgan fingerprint density at radius 1 is 0.913 bits per heavy atom. The number of hydrogen-bond acceptors (Lipinski definition) is 2. The molecule has 1 amide bonds. The van der Waals surface area contributed by atoms with Gasteiger partial charge in [0.2, 0.25) is 5.91 Å². The second-order valence-electron chi connectivity index (χ2n) is 5.75. The van der Waals surface area contributed by atoms with Crippen LogP contribution in [0.5, 0.6) is 0 Å². The molecule has 2 N–H and O–H groups in total. The molecule has 0 atom stereocenters. The highest BCUT2D eigenvalue weighted by Gasteiger charge is 2.01. The fourth-order valence-corrected chi connectivity index (χ4v) is 2.40. The smallest absolute Gasteiger partial charge is 0.224 e. The number of amides is 1. The van der Waals surface area contributed by atoms with Crippen molar-refractivity contribution in [1.82, 2.24) is 0 Å². The number of unbranched alkanes of at least 4 members (excludes halogenated alkanes) is 1. The number of hydrogen-bond donors (Lipinski definition) is 2. The van der Waals surface area contributed by atoms with Crippen LogP contribution in [0.15, 0.2) is 54.6 Å². The van der Waals surface area contributed by atoms with Crippen LogP contribution in [-0.2, 0) is 11.2 Å². The summed E-state index contributed by atoms with van der Waals surface area (Å²) in [4.78, 5) is 11.7. The van der Waals surface area contributed by atoms with Crippen molar-refractivity contribution in [2.45, 2.75) is 39.0 Å². The summed E-state index contributed by atoms with van der Waals surface area (Å²) in [6, 6.07) is 18.4. The third-order valence-corrected chi connectivity index (χ3v) is 3.74. The molecule has 2 aromatic carbocycles. The Hall–Kier alpha value is -2.29. The maximum absolute atomic E-state index is 11.7. The minimum absolute atomic E-state index is 0.0930. The lowest BCUT2D eigenvalue weighted by Crippen LogP contribution is -2.11. The molecular weight excluding hydrogens is 284 g/mol. The van der Waals surface area contributed by atoms with Gasteiger partial charge in [0.25, 0.3) is 0 Å². The fourth-order valence-electron chi connectivity index (χ4n) is 2.40. The summed E-state index contributed by atoms with van der Waals surface area (Å²) < 4.78 is 0. The molecule has 0 aromatic heterocycles. The Labute approximate surface area is 139 Å². The molecular formula is C20H26N2O. The topological polar surface area (TPSA) is 41.1 Å². The van der Waals surface area contributed by atoms with Crippen molar-refractivity contribution in [3.8, 4) is 0 Å². The average Bonchev–Trinajstić information content (AvgIpc) is 2.59. The zero-order valence-electron chi connectivity index (χ0n) is 13.8. The molecule has 0 aliphatic rings. The molecule has 0 radical (unpaired) electrons. The fraction of sp³-hybridized carbons (Fsp3) is 0.350. The van der Waals surface area contributed by atoms with Crippen LogP contribution in [-0.4, -0.2) is 12.5 Å². The Kier molecular flexibility index (Phi) is 7.18.